The Morgan fingerprint density at radius 3 is 2.23 bits per heavy atom. The van der Waals surface area contributed by atoms with Crippen molar-refractivity contribution in [1.29, 1.82) is 0 Å². The van der Waals surface area contributed by atoms with E-state index in [-0.39, 0.29) is 37.0 Å². The van der Waals surface area contributed by atoms with Gasteiger partial charge in [0, 0.05) is 50.2 Å². The first-order valence-electron chi connectivity index (χ1n) is 12.6. The van der Waals surface area contributed by atoms with Crippen LogP contribution in [-0.4, -0.2) is 58.5 Å². The van der Waals surface area contributed by atoms with E-state index in [9.17, 15) is 39.5 Å². The summed E-state index contributed by atoms with van der Waals surface area (Å²) in [6.07, 6.45) is -12.0. The van der Waals surface area contributed by atoms with Gasteiger partial charge in [-0.3, -0.25) is 0 Å². The van der Waals surface area contributed by atoms with Gasteiger partial charge in [-0.1, -0.05) is 0 Å². The molecule has 0 fully saturated rings. The number of halogens is 9. The third kappa shape index (κ3) is 8.84. The average molecular weight is 641 g/mol. The van der Waals surface area contributed by atoms with Crippen LogP contribution in [0.5, 0.6) is 0 Å². The zero-order valence-corrected chi connectivity index (χ0v) is 22.7. The Kier molecular flexibility index (Phi) is 10.5. The van der Waals surface area contributed by atoms with Crippen molar-refractivity contribution in [2.45, 2.75) is 43.8 Å². The van der Waals surface area contributed by atoms with Crippen LogP contribution in [0.3, 0.4) is 0 Å². The highest BCUT2D eigenvalue weighted by Crippen LogP contribution is 2.38. The first-order valence-corrected chi connectivity index (χ1v) is 12.6. The molecule has 3 aromatic rings. The van der Waals surface area contributed by atoms with E-state index in [0.29, 0.717) is 30.0 Å². The Balaban J connectivity index is 0.000000676. The fraction of sp³-hybridized carbons (Fsp3) is 0.385. The number of benzene rings is 1. The molecule has 3 heterocycles. The monoisotopic (exact) mass is 640 g/mol. The summed E-state index contributed by atoms with van der Waals surface area (Å²) in [7, 11) is 1.50. The minimum Gasteiger partial charge on any atom is -0.475 e. The van der Waals surface area contributed by atoms with Gasteiger partial charge in [-0.2, -0.15) is 44.5 Å². The lowest BCUT2D eigenvalue weighted by Gasteiger charge is -2.32. The number of hydrogen-bond donors (Lipinski definition) is 3. The number of fused-ring (bicyclic) bond motifs is 1. The van der Waals surface area contributed by atoms with Gasteiger partial charge in [0.2, 0.25) is 5.95 Å². The quantitative estimate of drug-likeness (QED) is 0.283. The number of alkyl halides is 9. The number of nitrogens with zero attached hydrogens (tertiary/aromatic N) is 4. The molecule has 0 bridgehead atoms. The van der Waals surface area contributed by atoms with Crippen molar-refractivity contribution in [3.05, 3.63) is 65.0 Å². The number of methoxy groups -OCH3 is 1. The molecule has 0 spiro atoms. The van der Waals surface area contributed by atoms with E-state index in [0.717, 1.165) is 18.2 Å². The number of carboxylic acid groups (broad SMARTS) is 1. The molecule has 240 valence electrons. The van der Waals surface area contributed by atoms with Crippen molar-refractivity contribution >= 4 is 29.2 Å². The van der Waals surface area contributed by atoms with E-state index in [4.69, 9.17) is 20.4 Å². The van der Waals surface area contributed by atoms with Gasteiger partial charge in [0.25, 0.3) is 0 Å². The van der Waals surface area contributed by atoms with Crippen molar-refractivity contribution in [3.63, 3.8) is 0 Å². The molecule has 0 saturated heterocycles. The zero-order chi connectivity index (χ0) is 32.9. The topological polar surface area (TPSA) is 126 Å². The minimum absolute atomic E-state index is 0.0686. The van der Waals surface area contributed by atoms with Crippen LogP contribution in [0.15, 0.2) is 42.6 Å². The normalized spacial score (nSPS) is 15.5. The summed E-state index contributed by atoms with van der Waals surface area (Å²) in [5.74, 6) is -2.73. The van der Waals surface area contributed by atoms with E-state index in [1.54, 1.807) is 4.90 Å². The van der Waals surface area contributed by atoms with Crippen LogP contribution < -0.4 is 16.0 Å². The Morgan fingerprint density at radius 1 is 1.05 bits per heavy atom. The SMILES string of the molecule is COCCC1Cc2nc(N)nc(Nc3ccc(C(F)(F)F)cc3)c2CCN1c1ncccc1C(F)(F)F.O=C(O)C(F)(F)F. The molecule has 4 N–H and O–H groups in total. The van der Waals surface area contributed by atoms with Gasteiger partial charge >= 0.3 is 24.5 Å². The molecule has 2 aromatic heterocycles. The lowest BCUT2D eigenvalue weighted by atomic mass is 10.0. The average Bonchev–Trinajstić information content (AvgIpc) is 3.10. The second-order valence-electron chi connectivity index (χ2n) is 9.31. The summed E-state index contributed by atoms with van der Waals surface area (Å²) in [5.41, 5.74) is 5.77. The van der Waals surface area contributed by atoms with E-state index in [1.807, 2.05) is 0 Å². The third-order valence-electron chi connectivity index (χ3n) is 6.32. The number of aliphatic carboxylic acids is 1. The van der Waals surface area contributed by atoms with Crippen LogP contribution in [0.25, 0.3) is 0 Å². The van der Waals surface area contributed by atoms with Gasteiger partial charge in [-0.05, 0) is 49.2 Å². The van der Waals surface area contributed by atoms with E-state index < -0.39 is 41.7 Å². The lowest BCUT2D eigenvalue weighted by Crippen LogP contribution is -2.39. The van der Waals surface area contributed by atoms with Crippen molar-refractivity contribution in [2.75, 3.05) is 36.2 Å². The fourth-order valence-electron chi connectivity index (χ4n) is 4.35. The number of pyridine rings is 1. The maximum absolute atomic E-state index is 13.8. The molecular formula is C26H25F9N6O3. The summed E-state index contributed by atoms with van der Waals surface area (Å²) >= 11 is 0. The van der Waals surface area contributed by atoms with Gasteiger partial charge in [0.1, 0.15) is 11.6 Å². The third-order valence-corrected chi connectivity index (χ3v) is 6.32. The van der Waals surface area contributed by atoms with Crippen molar-refractivity contribution in [1.82, 2.24) is 15.0 Å². The van der Waals surface area contributed by atoms with Crippen LogP contribution in [-0.2, 0) is 34.7 Å². The fourth-order valence-corrected chi connectivity index (χ4v) is 4.35. The molecule has 4 rings (SSSR count). The molecule has 0 radical (unpaired) electrons. The van der Waals surface area contributed by atoms with Gasteiger partial charge in [-0.25, -0.2) is 14.8 Å². The highest BCUT2D eigenvalue weighted by molar-refractivity contribution is 5.73. The summed E-state index contributed by atoms with van der Waals surface area (Å²) in [6, 6.07) is 6.19. The highest BCUT2D eigenvalue weighted by Gasteiger charge is 2.39. The number of nitrogens with one attached hydrogen (secondary N) is 1. The minimum atomic E-state index is -5.08. The largest absolute Gasteiger partial charge is 0.490 e. The molecule has 9 nitrogen and oxygen atoms in total. The maximum Gasteiger partial charge on any atom is 0.490 e. The summed E-state index contributed by atoms with van der Waals surface area (Å²) in [4.78, 5) is 23.1. The standard InChI is InChI=1S/C24H24F6N6O.C2HF3O2/c1-37-12-9-16-13-19-17(8-11-36(16)21-18(24(28,29)30)3-2-10-32-21)20(35-22(31)34-19)33-15-6-4-14(5-7-15)23(25,26)27;3-2(4,5)1(6)7/h2-7,10,16H,8-9,11-13H2,1H3,(H3,31,33,34,35);(H,6,7). The maximum atomic E-state index is 13.8. The van der Waals surface area contributed by atoms with Gasteiger partial charge < -0.3 is 25.8 Å². The second kappa shape index (κ2) is 13.5. The smallest absolute Gasteiger partial charge is 0.475 e. The van der Waals surface area contributed by atoms with Crippen LogP contribution in [0.1, 0.15) is 28.8 Å². The molecule has 1 atom stereocenters. The number of carbonyl (C=O) groups is 1. The molecular weight excluding hydrogens is 615 g/mol. The Bertz CT molecular complexity index is 1430. The molecule has 0 amide bonds. The highest BCUT2D eigenvalue weighted by atomic mass is 19.4. The Hall–Kier alpha value is -4.35. The first-order chi connectivity index (χ1) is 20.4. The molecule has 1 aliphatic rings. The molecule has 44 heavy (non-hydrogen) atoms. The second-order valence-corrected chi connectivity index (χ2v) is 9.31. The lowest BCUT2D eigenvalue weighted by molar-refractivity contribution is -0.192. The van der Waals surface area contributed by atoms with Gasteiger partial charge in [0.05, 0.1) is 16.8 Å². The van der Waals surface area contributed by atoms with E-state index in [2.05, 4.69) is 20.3 Å². The number of rotatable bonds is 6. The van der Waals surface area contributed by atoms with Crippen LogP contribution in [0.4, 0.5) is 62.8 Å². The molecule has 18 heteroatoms. The first kappa shape index (κ1) is 34.1. The Morgan fingerprint density at radius 2 is 1.68 bits per heavy atom. The number of ether oxygens (including phenoxy) is 1. The van der Waals surface area contributed by atoms with Gasteiger partial charge in [-0.15, -0.1) is 0 Å². The number of nitrogen functional groups attached to an aromatic ring is 1. The molecule has 0 saturated carbocycles. The van der Waals surface area contributed by atoms with E-state index in [1.165, 1.54) is 31.5 Å². The zero-order valence-electron chi connectivity index (χ0n) is 22.7. The summed E-state index contributed by atoms with van der Waals surface area (Å²) in [6.45, 7) is 0.457. The predicted octanol–water partition coefficient (Wildman–Crippen LogP) is 5.88. The van der Waals surface area contributed by atoms with Crippen LogP contribution in [0.2, 0.25) is 0 Å². The van der Waals surface area contributed by atoms with Crippen molar-refractivity contribution < 1.29 is 54.2 Å². The van der Waals surface area contributed by atoms with Gasteiger partial charge in [0.15, 0.2) is 0 Å². The summed E-state index contributed by atoms with van der Waals surface area (Å²) in [5, 5.41) is 10.1. The molecule has 1 aliphatic heterocycles. The van der Waals surface area contributed by atoms with Crippen molar-refractivity contribution in [3.8, 4) is 0 Å². The molecule has 0 aliphatic carbocycles. The van der Waals surface area contributed by atoms with Crippen molar-refractivity contribution in [2.24, 2.45) is 0 Å². The number of anilines is 4. The van der Waals surface area contributed by atoms with E-state index >= 15 is 0 Å². The predicted molar refractivity (Wildman–Crippen MR) is 139 cm³/mol. The Labute approximate surface area is 243 Å². The number of carboxylic acids is 1. The van der Waals surface area contributed by atoms with Crippen LogP contribution in [0, 0.1) is 0 Å². The number of hydrogen-bond acceptors (Lipinski definition) is 8. The number of aromatic nitrogens is 3. The molecule has 1 unspecified atom stereocenters. The van der Waals surface area contributed by atoms with Crippen LogP contribution >= 0.6 is 0 Å². The number of nitrogens with two attached hydrogens (primary N) is 1. The molecule has 1 aromatic carbocycles. The summed E-state index contributed by atoms with van der Waals surface area (Å²) < 4.78 is 117.